The van der Waals surface area contributed by atoms with Crippen molar-refractivity contribution < 1.29 is 4.79 Å². The van der Waals surface area contributed by atoms with Crippen molar-refractivity contribution in [1.29, 1.82) is 0 Å². The Labute approximate surface area is 161 Å². The molecule has 0 aliphatic carbocycles. The van der Waals surface area contributed by atoms with Gasteiger partial charge in [-0.25, -0.2) is 4.98 Å². The van der Waals surface area contributed by atoms with Gasteiger partial charge in [0.1, 0.15) is 5.82 Å². The molecule has 0 radical (unpaired) electrons. The fourth-order valence-electron chi connectivity index (χ4n) is 3.07. The molecule has 27 heavy (non-hydrogen) atoms. The maximum Gasteiger partial charge on any atom is 0.259 e. The maximum absolute atomic E-state index is 12.9. The second-order valence-corrected chi connectivity index (χ2v) is 6.64. The van der Waals surface area contributed by atoms with Crippen LogP contribution in [-0.4, -0.2) is 24.5 Å². The predicted octanol–water partition coefficient (Wildman–Crippen LogP) is 4.69. The van der Waals surface area contributed by atoms with Crippen LogP contribution in [0, 0.1) is 6.92 Å². The summed E-state index contributed by atoms with van der Waals surface area (Å²) >= 11 is 0. The van der Waals surface area contributed by atoms with Gasteiger partial charge in [0.2, 0.25) is 0 Å². The number of pyridine rings is 1. The Morgan fingerprint density at radius 1 is 1.00 bits per heavy atom. The quantitative estimate of drug-likeness (QED) is 0.640. The highest BCUT2D eigenvalue weighted by Gasteiger charge is 2.17. The van der Waals surface area contributed by atoms with Gasteiger partial charge in [0.05, 0.1) is 5.56 Å². The minimum atomic E-state index is -0.0344. The summed E-state index contributed by atoms with van der Waals surface area (Å²) in [5, 5.41) is 0. The van der Waals surface area contributed by atoms with E-state index in [1.54, 1.807) is 11.1 Å². The van der Waals surface area contributed by atoms with E-state index in [-0.39, 0.29) is 5.91 Å². The third-order valence-electron chi connectivity index (χ3n) is 4.52. The van der Waals surface area contributed by atoms with Crippen LogP contribution in [0.25, 0.3) is 0 Å². The standard InChI is InChI=1S/C23H25N3O/c1-4-26(21-12-8-9-18(2)15-21)23(27)20-13-14-22(24-16-20)25(3)17-19-10-6-5-7-11-19/h5-16H,4,17H2,1-3H3. The van der Waals surface area contributed by atoms with Gasteiger partial charge in [0.15, 0.2) is 0 Å². The van der Waals surface area contributed by atoms with Crippen molar-refractivity contribution >= 4 is 17.4 Å². The second kappa shape index (κ2) is 8.49. The molecule has 1 heterocycles. The van der Waals surface area contributed by atoms with Crippen LogP contribution < -0.4 is 9.80 Å². The van der Waals surface area contributed by atoms with Gasteiger partial charge in [-0.1, -0.05) is 42.5 Å². The second-order valence-electron chi connectivity index (χ2n) is 6.64. The molecule has 0 atom stereocenters. The summed E-state index contributed by atoms with van der Waals surface area (Å²) in [6.45, 7) is 5.39. The zero-order chi connectivity index (χ0) is 19.2. The van der Waals surface area contributed by atoms with Crippen LogP contribution in [0.4, 0.5) is 11.5 Å². The third-order valence-corrected chi connectivity index (χ3v) is 4.52. The predicted molar refractivity (Wildman–Crippen MR) is 111 cm³/mol. The molecule has 0 saturated carbocycles. The largest absolute Gasteiger partial charge is 0.355 e. The molecule has 2 aromatic carbocycles. The van der Waals surface area contributed by atoms with Crippen LogP contribution in [0.2, 0.25) is 0 Å². The molecular weight excluding hydrogens is 334 g/mol. The number of hydrogen-bond acceptors (Lipinski definition) is 3. The van der Waals surface area contributed by atoms with Crippen molar-refractivity contribution in [2.45, 2.75) is 20.4 Å². The van der Waals surface area contributed by atoms with E-state index in [4.69, 9.17) is 0 Å². The van der Waals surface area contributed by atoms with E-state index in [0.717, 1.165) is 23.6 Å². The number of carbonyl (C=O) groups is 1. The number of amides is 1. The Bertz CT molecular complexity index is 891. The molecule has 0 spiro atoms. The van der Waals surface area contributed by atoms with E-state index in [9.17, 15) is 4.79 Å². The monoisotopic (exact) mass is 359 g/mol. The molecule has 0 aliphatic rings. The minimum absolute atomic E-state index is 0.0344. The number of nitrogens with zero attached hydrogens (tertiary/aromatic N) is 3. The summed E-state index contributed by atoms with van der Waals surface area (Å²) in [5.74, 6) is 0.807. The molecular formula is C23H25N3O. The van der Waals surface area contributed by atoms with E-state index in [1.165, 1.54) is 5.56 Å². The average Bonchev–Trinajstić information content (AvgIpc) is 2.69. The van der Waals surface area contributed by atoms with Crippen LogP contribution in [0.5, 0.6) is 0 Å². The Morgan fingerprint density at radius 3 is 2.41 bits per heavy atom. The van der Waals surface area contributed by atoms with Crippen molar-refractivity contribution in [1.82, 2.24) is 4.98 Å². The topological polar surface area (TPSA) is 36.4 Å². The van der Waals surface area contributed by atoms with E-state index < -0.39 is 0 Å². The molecule has 4 nitrogen and oxygen atoms in total. The fourth-order valence-corrected chi connectivity index (χ4v) is 3.07. The molecule has 0 saturated heterocycles. The van der Waals surface area contributed by atoms with Gasteiger partial charge in [0.25, 0.3) is 5.91 Å². The van der Waals surface area contributed by atoms with Gasteiger partial charge in [-0.15, -0.1) is 0 Å². The Balaban J connectivity index is 1.74. The molecule has 1 amide bonds. The van der Waals surface area contributed by atoms with Crippen LogP contribution in [0.1, 0.15) is 28.4 Å². The zero-order valence-corrected chi connectivity index (χ0v) is 16.1. The Kier molecular flexibility index (Phi) is 5.87. The number of anilines is 2. The lowest BCUT2D eigenvalue weighted by atomic mass is 10.1. The summed E-state index contributed by atoms with van der Waals surface area (Å²) < 4.78 is 0. The van der Waals surface area contributed by atoms with Crippen molar-refractivity contribution in [3.05, 3.63) is 89.6 Å². The molecule has 0 N–H and O–H groups in total. The van der Waals surface area contributed by atoms with Gasteiger partial charge < -0.3 is 9.80 Å². The smallest absolute Gasteiger partial charge is 0.259 e. The number of hydrogen-bond donors (Lipinski definition) is 0. The first-order chi connectivity index (χ1) is 13.1. The number of aryl methyl sites for hydroxylation is 1. The van der Waals surface area contributed by atoms with Crippen LogP contribution in [0.3, 0.4) is 0 Å². The minimum Gasteiger partial charge on any atom is -0.355 e. The van der Waals surface area contributed by atoms with Crippen LogP contribution in [-0.2, 0) is 6.54 Å². The summed E-state index contributed by atoms with van der Waals surface area (Å²) in [4.78, 5) is 21.3. The number of rotatable bonds is 6. The maximum atomic E-state index is 12.9. The molecule has 1 aromatic heterocycles. The molecule has 0 unspecified atom stereocenters. The summed E-state index contributed by atoms with van der Waals surface area (Å²) in [6, 6.07) is 22.0. The fraction of sp³-hybridized carbons (Fsp3) is 0.217. The van der Waals surface area contributed by atoms with Crippen molar-refractivity contribution in [3.63, 3.8) is 0 Å². The van der Waals surface area contributed by atoms with Gasteiger partial charge in [-0.05, 0) is 49.2 Å². The van der Waals surface area contributed by atoms with Gasteiger partial charge in [-0.3, -0.25) is 4.79 Å². The first kappa shape index (κ1) is 18.6. The first-order valence-electron chi connectivity index (χ1n) is 9.18. The highest BCUT2D eigenvalue weighted by molar-refractivity contribution is 6.06. The van der Waals surface area contributed by atoms with Crippen molar-refractivity contribution in [3.8, 4) is 0 Å². The lowest BCUT2D eigenvalue weighted by Crippen LogP contribution is -2.30. The number of carbonyl (C=O) groups excluding carboxylic acids is 1. The molecule has 138 valence electrons. The summed E-state index contributed by atoms with van der Waals surface area (Å²) in [6.07, 6.45) is 1.66. The lowest BCUT2D eigenvalue weighted by molar-refractivity contribution is 0.0988. The summed E-state index contributed by atoms with van der Waals surface area (Å²) in [5.41, 5.74) is 3.86. The van der Waals surface area contributed by atoms with E-state index in [0.29, 0.717) is 12.1 Å². The van der Waals surface area contributed by atoms with Crippen molar-refractivity contribution in [2.75, 3.05) is 23.4 Å². The first-order valence-corrected chi connectivity index (χ1v) is 9.18. The summed E-state index contributed by atoms with van der Waals surface area (Å²) in [7, 11) is 2.00. The van der Waals surface area contributed by atoms with E-state index in [2.05, 4.69) is 22.0 Å². The average molecular weight is 359 g/mol. The van der Waals surface area contributed by atoms with Crippen molar-refractivity contribution in [2.24, 2.45) is 0 Å². The SMILES string of the molecule is CCN(C(=O)c1ccc(N(C)Cc2ccccc2)nc1)c1cccc(C)c1. The zero-order valence-electron chi connectivity index (χ0n) is 16.1. The van der Waals surface area contributed by atoms with E-state index >= 15 is 0 Å². The van der Waals surface area contributed by atoms with Crippen LogP contribution in [0.15, 0.2) is 72.9 Å². The Hall–Kier alpha value is -3.14. The Morgan fingerprint density at radius 2 is 1.78 bits per heavy atom. The molecule has 3 aromatic rings. The molecule has 0 bridgehead atoms. The lowest BCUT2D eigenvalue weighted by Gasteiger charge is -2.22. The third kappa shape index (κ3) is 4.53. The number of aromatic nitrogens is 1. The van der Waals surface area contributed by atoms with Gasteiger partial charge >= 0.3 is 0 Å². The van der Waals surface area contributed by atoms with Gasteiger partial charge in [0, 0.05) is 32.0 Å². The highest BCUT2D eigenvalue weighted by atomic mass is 16.2. The van der Waals surface area contributed by atoms with Crippen LogP contribution >= 0.6 is 0 Å². The molecule has 3 rings (SSSR count). The molecule has 4 heteroatoms. The number of benzene rings is 2. The molecule has 0 aliphatic heterocycles. The van der Waals surface area contributed by atoms with E-state index in [1.807, 2.05) is 75.5 Å². The van der Waals surface area contributed by atoms with Gasteiger partial charge in [-0.2, -0.15) is 0 Å². The molecule has 0 fully saturated rings. The highest BCUT2D eigenvalue weighted by Crippen LogP contribution is 2.20. The normalized spacial score (nSPS) is 10.5.